The van der Waals surface area contributed by atoms with Crippen molar-refractivity contribution in [2.24, 2.45) is 0 Å². The third-order valence-corrected chi connectivity index (χ3v) is 4.11. The lowest BCUT2D eigenvalue weighted by Crippen LogP contribution is -2.45. The van der Waals surface area contributed by atoms with Gasteiger partial charge in [-0.2, -0.15) is 0 Å². The number of alkyl halides is 1. The average molecular weight is 353 g/mol. The number of thiazole rings is 1. The number of amides is 2. The number of anilines is 1. The Balaban J connectivity index is 2.13. The van der Waals surface area contributed by atoms with E-state index >= 15 is 0 Å². The highest BCUT2D eigenvalue weighted by Crippen LogP contribution is 2.21. The summed E-state index contributed by atoms with van der Waals surface area (Å²) in [4.78, 5) is 29.8. The monoisotopic (exact) mass is 353 g/mol. The van der Waals surface area contributed by atoms with E-state index in [-0.39, 0.29) is 11.6 Å². The van der Waals surface area contributed by atoms with Crippen LogP contribution >= 0.6 is 11.3 Å². The maximum absolute atomic E-state index is 12.9. The van der Waals surface area contributed by atoms with Crippen LogP contribution in [0.4, 0.5) is 13.9 Å². The molecule has 24 heavy (non-hydrogen) atoms. The summed E-state index contributed by atoms with van der Waals surface area (Å²) in [6, 6.07) is 5.14. The molecular weight excluding hydrogens is 336 g/mol. The summed E-state index contributed by atoms with van der Waals surface area (Å²) in [5.41, 5.74) is -0.578. The number of rotatable bonds is 5. The van der Waals surface area contributed by atoms with Gasteiger partial charge in [-0.15, -0.1) is 11.3 Å². The van der Waals surface area contributed by atoms with E-state index in [4.69, 9.17) is 0 Å². The maximum Gasteiger partial charge on any atom is 0.271 e. The zero-order chi connectivity index (χ0) is 17.9. The van der Waals surface area contributed by atoms with E-state index in [0.29, 0.717) is 10.7 Å². The van der Waals surface area contributed by atoms with Crippen LogP contribution in [0.1, 0.15) is 34.7 Å². The molecule has 2 amide bonds. The topological polar surface area (TPSA) is 62.3 Å². The Morgan fingerprint density at radius 2 is 1.92 bits per heavy atom. The van der Waals surface area contributed by atoms with Crippen LogP contribution in [0.25, 0.3) is 0 Å². The van der Waals surface area contributed by atoms with E-state index in [0.717, 1.165) is 11.3 Å². The third kappa shape index (κ3) is 4.14. The molecule has 0 atom stereocenters. The molecule has 0 saturated carbocycles. The number of carbonyl (C=O) groups excluding carboxylic acids is 2. The standard InChI is InChI=1S/C16H17F2N3O2S/c1-16(2,9-17)20-13(22)12-8-24-15(19-12)21(3)14(23)10-4-6-11(18)7-5-10/h4-8H,9H2,1-3H3,(H,20,22). The Kier molecular flexibility index (Phi) is 5.28. The fourth-order valence-electron chi connectivity index (χ4n) is 1.80. The quantitative estimate of drug-likeness (QED) is 0.899. The summed E-state index contributed by atoms with van der Waals surface area (Å²) in [5.74, 6) is -1.32. The van der Waals surface area contributed by atoms with Crippen LogP contribution in [-0.2, 0) is 0 Å². The number of hydrogen-bond acceptors (Lipinski definition) is 4. The number of nitrogens with zero attached hydrogens (tertiary/aromatic N) is 2. The Morgan fingerprint density at radius 1 is 1.29 bits per heavy atom. The molecule has 1 aromatic heterocycles. The van der Waals surface area contributed by atoms with E-state index in [9.17, 15) is 18.4 Å². The average Bonchev–Trinajstić information content (AvgIpc) is 3.04. The van der Waals surface area contributed by atoms with Crippen LogP contribution in [0.15, 0.2) is 29.6 Å². The van der Waals surface area contributed by atoms with E-state index < -0.39 is 23.9 Å². The van der Waals surface area contributed by atoms with Gasteiger partial charge >= 0.3 is 0 Å². The molecule has 1 heterocycles. The Morgan fingerprint density at radius 3 is 2.50 bits per heavy atom. The summed E-state index contributed by atoms with van der Waals surface area (Å²) in [7, 11) is 1.51. The molecule has 1 aromatic carbocycles. The molecule has 2 aromatic rings. The van der Waals surface area contributed by atoms with Gasteiger partial charge in [0.1, 0.15) is 18.2 Å². The van der Waals surface area contributed by atoms with Gasteiger partial charge < -0.3 is 5.32 Å². The first-order valence-corrected chi connectivity index (χ1v) is 7.99. The number of halogens is 2. The molecule has 0 radical (unpaired) electrons. The predicted molar refractivity (Wildman–Crippen MR) is 88.8 cm³/mol. The fraction of sp³-hybridized carbons (Fsp3) is 0.312. The van der Waals surface area contributed by atoms with Crippen LogP contribution in [0.5, 0.6) is 0 Å². The molecule has 0 saturated heterocycles. The van der Waals surface area contributed by atoms with E-state index in [1.54, 1.807) is 13.8 Å². The first-order chi connectivity index (χ1) is 11.2. The minimum absolute atomic E-state index is 0.107. The van der Waals surface area contributed by atoms with Gasteiger partial charge in [0.25, 0.3) is 11.8 Å². The Hall–Kier alpha value is -2.35. The molecule has 2 rings (SSSR count). The highest BCUT2D eigenvalue weighted by atomic mass is 32.1. The van der Waals surface area contributed by atoms with Crippen molar-refractivity contribution in [1.29, 1.82) is 0 Å². The van der Waals surface area contributed by atoms with Gasteiger partial charge in [0, 0.05) is 18.0 Å². The molecule has 0 aliphatic carbocycles. The third-order valence-electron chi connectivity index (χ3n) is 3.19. The molecule has 128 valence electrons. The molecule has 0 bridgehead atoms. The molecule has 0 spiro atoms. The first kappa shape index (κ1) is 18.0. The Bertz CT molecular complexity index is 744. The van der Waals surface area contributed by atoms with Crippen molar-refractivity contribution >= 4 is 28.3 Å². The molecule has 1 N–H and O–H groups in total. The minimum Gasteiger partial charge on any atom is -0.343 e. The molecule has 0 aliphatic rings. The van der Waals surface area contributed by atoms with Gasteiger partial charge in [-0.3, -0.25) is 14.5 Å². The van der Waals surface area contributed by atoms with E-state index in [1.807, 2.05) is 0 Å². The molecule has 0 fully saturated rings. The van der Waals surface area contributed by atoms with Gasteiger partial charge in [-0.1, -0.05) is 0 Å². The van der Waals surface area contributed by atoms with Crippen LogP contribution in [0.2, 0.25) is 0 Å². The number of carbonyl (C=O) groups is 2. The van der Waals surface area contributed by atoms with Crippen molar-refractivity contribution < 1.29 is 18.4 Å². The van der Waals surface area contributed by atoms with Crippen LogP contribution in [0.3, 0.4) is 0 Å². The molecule has 0 unspecified atom stereocenters. The smallest absolute Gasteiger partial charge is 0.271 e. The van der Waals surface area contributed by atoms with Crippen molar-refractivity contribution in [3.8, 4) is 0 Å². The maximum atomic E-state index is 12.9. The van der Waals surface area contributed by atoms with E-state index in [2.05, 4.69) is 10.3 Å². The van der Waals surface area contributed by atoms with Crippen LogP contribution < -0.4 is 10.2 Å². The van der Waals surface area contributed by atoms with Gasteiger partial charge in [-0.05, 0) is 38.1 Å². The van der Waals surface area contributed by atoms with Crippen molar-refractivity contribution in [1.82, 2.24) is 10.3 Å². The lowest BCUT2D eigenvalue weighted by Gasteiger charge is -2.21. The van der Waals surface area contributed by atoms with E-state index in [1.165, 1.54) is 41.6 Å². The number of nitrogens with one attached hydrogen (secondary N) is 1. The zero-order valence-corrected chi connectivity index (χ0v) is 14.3. The summed E-state index contributed by atoms with van der Waals surface area (Å²) >= 11 is 1.11. The predicted octanol–water partition coefficient (Wildman–Crippen LogP) is 3.04. The lowest BCUT2D eigenvalue weighted by atomic mass is 10.1. The van der Waals surface area contributed by atoms with Crippen molar-refractivity contribution in [2.75, 3.05) is 18.6 Å². The second kappa shape index (κ2) is 7.04. The summed E-state index contributed by atoms with van der Waals surface area (Å²) < 4.78 is 25.7. The first-order valence-electron chi connectivity index (χ1n) is 7.11. The number of benzene rings is 1. The van der Waals surface area contributed by atoms with Gasteiger partial charge in [-0.25, -0.2) is 13.8 Å². The largest absolute Gasteiger partial charge is 0.343 e. The SMILES string of the molecule is CN(C(=O)c1ccc(F)cc1)c1nc(C(=O)NC(C)(C)CF)cs1. The van der Waals surface area contributed by atoms with Gasteiger partial charge in [0.05, 0.1) is 5.54 Å². The normalized spacial score (nSPS) is 11.2. The van der Waals surface area contributed by atoms with Gasteiger partial charge in [0.2, 0.25) is 0 Å². The number of hydrogen-bond donors (Lipinski definition) is 1. The van der Waals surface area contributed by atoms with Crippen molar-refractivity contribution in [2.45, 2.75) is 19.4 Å². The minimum atomic E-state index is -0.989. The molecule has 0 aliphatic heterocycles. The highest BCUT2D eigenvalue weighted by Gasteiger charge is 2.24. The fourth-order valence-corrected chi connectivity index (χ4v) is 2.57. The zero-order valence-electron chi connectivity index (χ0n) is 13.5. The number of aromatic nitrogens is 1. The summed E-state index contributed by atoms with van der Waals surface area (Å²) in [6.45, 7) is 2.41. The molecular formula is C16H17F2N3O2S. The Labute approximate surface area is 142 Å². The summed E-state index contributed by atoms with van der Waals surface area (Å²) in [6.07, 6.45) is 0. The second-order valence-electron chi connectivity index (χ2n) is 5.86. The van der Waals surface area contributed by atoms with Gasteiger partial charge in [0.15, 0.2) is 5.13 Å². The molecule has 5 nitrogen and oxygen atoms in total. The lowest BCUT2D eigenvalue weighted by molar-refractivity contribution is 0.0893. The highest BCUT2D eigenvalue weighted by molar-refractivity contribution is 7.14. The second-order valence-corrected chi connectivity index (χ2v) is 6.69. The van der Waals surface area contributed by atoms with Crippen LogP contribution in [-0.4, -0.2) is 36.1 Å². The molecule has 8 heteroatoms. The van der Waals surface area contributed by atoms with Crippen LogP contribution in [0, 0.1) is 5.82 Å². The van der Waals surface area contributed by atoms with Crippen molar-refractivity contribution in [3.05, 3.63) is 46.7 Å². The summed E-state index contributed by atoms with van der Waals surface area (Å²) in [5, 5.41) is 4.33. The van der Waals surface area contributed by atoms with Crippen molar-refractivity contribution in [3.63, 3.8) is 0 Å².